The minimum atomic E-state index is -4.78. The highest BCUT2D eigenvalue weighted by Crippen LogP contribution is 2.18. The average Bonchev–Trinajstić information content (AvgIpc) is 2.31. The minimum absolute atomic E-state index is 0.0549. The predicted octanol–water partition coefficient (Wildman–Crippen LogP) is 0.476. The predicted molar refractivity (Wildman–Crippen MR) is 63.9 cm³/mol. The van der Waals surface area contributed by atoms with Crippen molar-refractivity contribution in [3.8, 4) is 0 Å². The third kappa shape index (κ3) is 4.29. The smallest absolute Gasteiger partial charge is 0.406 e. The average molecular weight is 307 g/mol. The van der Waals surface area contributed by atoms with Crippen LogP contribution >= 0.6 is 0 Å². The number of amides is 1. The molecular formula is C11H12F3N3O4. The number of carbonyl (C=O) groups is 2. The number of alkyl halides is 3. The molecule has 10 heteroatoms. The van der Waals surface area contributed by atoms with Crippen molar-refractivity contribution in [1.29, 1.82) is 0 Å². The standard InChI is InChI=1S/C11H12F3N3O4/c1-5-6(2)15-16-9(20)8(5)10(21)17(3-7(18)19)4-11(12,13)14/h3-4H2,1-2H3,(H,16,20)(H,18,19). The molecule has 0 fully saturated rings. The second kappa shape index (κ2) is 5.94. The number of carbonyl (C=O) groups excluding carboxylic acids is 1. The molecule has 0 spiro atoms. The second-order valence-corrected chi connectivity index (χ2v) is 4.31. The molecule has 0 aromatic carbocycles. The van der Waals surface area contributed by atoms with Crippen molar-refractivity contribution in [2.24, 2.45) is 0 Å². The van der Waals surface area contributed by atoms with Gasteiger partial charge < -0.3 is 10.0 Å². The van der Waals surface area contributed by atoms with Crippen LogP contribution in [0.2, 0.25) is 0 Å². The molecule has 0 saturated heterocycles. The molecule has 0 bridgehead atoms. The SMILES string of the molecule is Cc1n[nH]c(=O)c(C(=O)N(CC(=O)O)CC(F)(F)F)c1C. The summed E-state index contributed by atoms with van der Waals surface area (Å²) in [6, 6.07) is 0. The fourth-order valence-corrected chi connectivity index (χ4v) is 1.62. The van der Waals surface area contributed by atoms with Gasteiger partial charge in [-0.1, -0.05) is 0 Å². The van der Waals surface area contributed by atoms with E-state index in [4.69, 9.17) is 5.11 Å². The summed E-state index contributed by atoms with van der Waals surface area (Å²) < 4.78 is 37.3. The molecule has 1 aromatic heterocycles. The molecule has 116 valence electrons. The molecule has 21 heavy (non-hydrogen) atoms. The van der Waals surface area contributed by atoms with Crippen LogP contribution in [0.1, 0.15) is 21.6 Å². The summed E-state index contributed by atoms with van der Waals surface area (Å²) in [4.78, 5) is 34.3. The van der Waals surface area contributed by atoms with E-state index in [2.05, 4.69) is 5.10 Å². The number of carboxylic acids is 1. The topological polar surface area (TPSA) is 103 Å². The number of carboxylic acid groups (broad SMARTS) is 1. The third-order valence-electron chi connectivity index (χ3n) is 2.67. The molecule has 0 radical (unpaired) electrons. The van der Waals surface area contributed by atoms with Crippen LogP contribution in [-0.4, -0.2) is 51.3 Å². The van der Waals surface area contributed by atoms with Gasteiger partial charge in [0.25, 0.3) is 11.5 Å². The van der Waals surface area contributed by atoms with E-state index in [0.29, 0.717) is 0 Å². The van der Waals surface area contributed by atoms with Gasteiger partial charge in [0.1, 0.15) is 18.7 Å². The number of halogens is 3. The van der Waals surface area contributed by atoms with E-state index < -0.39 is 42.3 Å². The fraction of sp³-hybridized carbons (Fsp3) is 0.455. The Balaban J connectivity index is 3.26. The van der Waals surface area contributed by atoms with Gasteiger partial charge in [-0.05, 0) is 19.4 Å². The number of rotatable bonds is 4. The Morgan fingerprint density at radius 1 is 1.33 bits per heavy atom. The first kappa shape index (κ1) is 16.7. The van der Waals surface area contributed by atoms with E-state index in [1.165, 1.54) is 13.8 Å². The number of nitrogens with one attached hydrogen (secondary N) is 1. The lowest BCUT2D eigenvalue weighted by Gasteiger charge is -2.22. The Morgan fingerprint density at radius 2 is 1.90 bits per heavy atom. The molecule has 0 aliphatic carbocycles. The van der Waals surface area contributed by atoms with E-state index in [-0.39, 0.29) is 16.2 Å². The summed E-state index contributed by atoms with van der Waals surface area (Å²) in [5, 5.41) is 14.2. The number of hydrogen-bond acceptors (Lipinski definition) is 4. The monoisotopic (exact) mass is 307 g/mol. The summed E-state index contributed by atoms with van der Waals surface area (Å²) in [5.41, 5.74) is -1.17. The fourth-order valence-electron chi connectivity index (χ4n) is 1.62. The lowest BCUT2D eigenvalue weighted by molar-refractivity contribution is -0.149. The van der Waals surface area contributed by atoms with Crippen LogP contribution in [0.3, 0.4) is 0 Å². The van der Waals surface area contributed by atoms with Gasteiger partial charge in [0.05, 0.1) is 5.69 Å². The van der Waals surface area contributed by atoms with Crippen LogP contribution in [0.15, 0.2) is 4.79 Å². The molecule has 7 nitrogen and oxygen atoms in total. The summed E-state index contributed by atoms with van der Waals surface area (Å²) in [6.07, 6.45) is -4.78. The van der Waals surface area contributed by atoms with Crippen molar-refractivity contribution >= 4 is 11.9 Å². The molecule has 1 heterocycles. The molecule has 0 saturated carbocycles. The molecule has 1 amide bonds. The first-order chi connectivity index (χ1) is 9.53. The highest BCUT2D eigenvalue weighted by molar-refractivity contribution is 5.96. The number of nitrogens with zero attached hydrogens (tertiary/aromatic N) is 2. The largest absolute Gasteiger partial charge is 0.480 e. The quantitative estimate of drug-likeness (QED) is 0.842. The zero-order chi connectivity index (χ0) is 16.4. The van der Waals surface area contributed by atoms with Crippen molar-refractivity contribution in [3.05, 3.63) is 27.2 Å². The minimum Gasteiger partial charge on any atom is -0.480 e. The molecule has 1 rings (SSSR count). The van der Waals surface area contributed by atoms with Gasteiger partial charge in [0, 0.05) is 0 Å². The zero-order valence-electron chi connectivity index (χ0n) is 11.1. The number of H-pyrrole nitrogens is 1. The maximum absolute atomic E-state index is 12.4. The maximum Gasteiger partial charge on any atom is 0.406 e. The van der Waals surface area contributed by atoms with Gasteiger partial charge in [0.15, 0.2) is 0 Å². The van der Waals surface area contributed by atoms with Gasteiger partial charge in [-0.3, -0.25) is 14.4 Å². The molecule has 0 aliphatic heterocycles. The van der Waals surface area contributed by atoms with Crippen molar-refractivity contribution in [2.45, 2.75) is 20.0 Å². The highest BCUT2D eigenvalue weighted by Gasteiger charge is 2.35. The number of aryl methyl sites for hydroxylation is 1. The Bertz CT molecular complexity index is 624. The molecule has 0 atom stereocenters. The van der Waals surface area contributed by atoms with Gasteiger partial charge in [-0.25, -0.2) is 5.10 Å². The molecule has 0 unspecified atom stereocenters. The first-order valence-electron chi connectivity index (χ1n) is 5.66. The van der Waals surface area contributed by atoms with Crippen molar-refractivity contribution in [3.63, 3.8) is 0 Å². The van der Waals surface area contributed by atoms with Crippen molar-refractivity contribution in [2.75, 3.05) is 13.1 Å². The summed E-state index contributed by atoms with van der Waals surface area (Å²) in [5.74, 6) is -2.92. The summed E-state index contributed by atoms with van der Waals surface area (Å²) in [7, 11) is 0. The lowest BCUT2D eigenvalue weighted by Crippen LogP contribution is -2.44. The molecule has 0 aliphatic rings. The molecule has 2 N–H and O–H groups in total. The van der Waals surface area contributed by atoms with Crippen LogP contribution in [0.5, 0.6) is 0 Å². The van der Waals surface area contributed by atoms with Crippen LogP contribution < -0.4 is 5.56 Å². The second-order valence-electron chi connectivity index (χ2n) is 4.31. The number of aromatic amines is 1. The highest BCUT2D eigenvalue weighted by atomic mass is 19.4. The van der Waals surface area contributed by atoms with Crippen LogP contribution in [0, 0.1) is 13.8 Å². The Kier molecular flexibility index (Phi) is 4.71. The molecule has 1 aromatic rings. The van der Waals surface area contributed by atoms with E-state index >= 15 is 0 Å². The Labute approximate surface area is 116 Å². The van der Waals surface area contributed by atoms with E-state index in [1.54, 1.807) is 0 Å². The number of hydrogen-bond donors (Lipinski definition) is 2. The summed E-state index contributed by atoms with van der Waals surface area (Å²) in [6.45, 7) is -0.137. The van der Waals surface area contributed by atoms with E-state index in [9.17, 15) is 27.6 Å². The van der Waals surface area contributed by atoms with Crippen LogP contribution in [0.25, 0.3) is 0 Å². The molecular weight excluding hydrogens is 295 g/mol. The number of aliphatic carboxylic acids is 1. The number of aromatic nitrogens is 2. The Hall–Kier alpha value is -2.39. The van der Waals surface area contributed by atoms with Gasteiger partial charge in [-0.2, -0.15) is 18.3 Å². The van der Waals surface area contributed by atoms with Crippen molar-refractivity contribution in [1.82, 2.24) is 15.1 Å². The van der Waals surface area contributed by atoms with Crippen LogP contribution in [-0.2, 0) is 4.79 Å². The van der Waals surface area contributed by atoms with Gasteiger partial charge in [-0.15, -0.1) is 0 Å². The van der Waals surface area contributed by atoms with Crippen LogP contribution in [0.4, 0.5) is 13.2 Å². The van der Waals surface area contributed by atoms with Gasteiger partial charge in [0.2, 0.25) is 0 Å². The third-order valence-corrected chi connectivity index (χ3v) is 2.67. The normalized spacial score (nSPS) is 11.3. The van der Waals surface area contributed by atoms with Crippen molar-refractivity contribution < 1.29 is 27.9 Å². The van der Waals surface area contributed by atoms with Gasteiger partial charge >= 0.3 is 12.1 Å². The lowest BCUT2D eigenvalue weighted by atomic mass is 10.1. The van der Waals surface area contributed by atoms with E-state index in [0.717, 1.165) is 0 Å². The Morgan fingerprint density at radius 3 is 2.38 bits per heavy atom. The van der Waals surface area contributed by atoms with E-state index in [1.807, 2.05) is 5.10 Å². The summed E-state index contributed by atoms with van der Waals surface area (Å²) >= 11 is 0. The first-order valence-corrected chi connectivity index (χ1v) is 5.66. The maximum atomic E-state index is 12.4. The zero-order valence-corrected chi connectivity index (χ0v) is 11.1.